The van der Waals surface area contributed by atoms with Crippen LogP contribution in [-0.2, 0) is 9.59 Å². The maximum absolute atomic E-state index is 11.9. The van der Waals surface area contributed by atoms with Crippen molar-refractivity contribution in [3.05, 3.63) is 0 Å². The Balaban J connectivity index is 2.47. The molecule has 0 saturated carbocycles. The molecule has 0 aromatic heterocycles. The molecular formula is C10H19N3O2S. The monoisotopic (exact) mass is 245 g/mol. The zero-order valence-corrected chi connectivity index (χ0v) is 10.4. The van der Waals surface area contributed by atoms with Gasteiger partial charge in [0.05, 0.1) is 12.1 Å². The Labute approximate surface area is 99.7 Å². The van der Waals surface area contributed by atoms with Crippen LogP contribution < -0.4 is 16.8 Å². The standard InChI is InChI=1S/C10H19N3O2S/c1-5(2)3-6(11)8(14)10-13-7(4-16-10)9(12)15/h5-7,10,13H,3-4,11H2,1-2H3,(H2,12,15)/t6-,7?,10?/m1/s1. The van der Waals surface area contributed by atoms with Crippen molar-refractivity contribution in [3.63, 3.8) is 0 Å². The highest BCUT2D eigenvalue weighted by atomic mass is 32.2. The van der Waals surface area contributed by atoms with E-state index in [1.165, 1.54) is 11.8 Å². The van der Waals surface area contributed by atoms with E-state index in [-0.39, 0.29) is 11.2 Å². The molecule has 0 aromatic rings. The second-order valence-corrected chi connectivity index (χ2v) is 5.61. The summed E-state index contributed by atoms with van der Waals surface area (Å²) >= 11 is 1.40. The number of thioether (sulfide) groups is 1. The van der Waals surface area contributed by atoms with Gasteiger partial charge in [-0.1, -0.05) is 13.8 Å². The molecule has 2 unspecified atom stereocenters. The molecule has 0 aromatic carbocycles. The fourth-order valence-corrected chi connectivity index (χ4v) is 2.86. The summed E-state index contributed by atoms with van der Waals surface area (Å²) in [6, 6.07) is -0.873. The molecule has 16 heavy (non-hydrogen) atoms. The molecule has 0 radical (unpaired) electrons. The number of ketones is 1. The normalized spacial score (nSPS) is 27.0. The maximum atomic E-state index is 11.9. The van der Waals surface area contributed by atoms with Crippen LogP contribution in [0.4, 0.5) is 0 Å². The molecule has 5 nitrogen and oxygen atoms in total. The van der Waals surface area contributed by atoms with Gasteiger partial charge < -0.3 is 11.5 Å². The SMILES string of the molecule is CC(C)C[C@@H](N)C(=O)C1NC(C(N)=O)CS1. The highest BCUT2D eigenvalue weighted by molar-refractivity contribution is 8.00. The lowest BCUT2D eigenvalue weighted by Crippen LogP contribution is -2.47. The number of primary amides is 1. The Bertz CT molecular complexity index is 283. The highest BCUT2D eigenvalue weighted by Gasteiger charge is 2.34. The minimum absolute atomic E-state index is 0.0394. The largest absolute Gasteiger partial charge is 0.368 e. The number of hydrogen-bond acceptors (Lipinski definition) is 5. The predicted molar refractivity (Wildman–Crippen MR) is 64.8 cm³/mol. The maximum Gasteiger partial charge on any atom is 0.235 e. The summed E-state index contributed by atoms with van der Waals surface area (Å²) < 4.78 is 0. The first-order valence-electron chi connectivity index (χ1n) is 5.38. The molecule has 1 aliphatic rings. The third-order valence-corrected chi connectivity index (χ3v) is 3.70. The molecule has 0 aliphatic carbocycles. The van der Waals surface area contributed by atoms with Crippen molar-refractivity contribution < 1.29 is 9.59 Å². The van der Waals surface area contributed by atoms with Crippen LogP contribution in [0.3, 0.4) is 0 Å². The van der Waals surface area contributed by atoms with Crippen molar-refractivity contribution in [2.75, 3.05) is 5.75 Å². The minimum atomic E-state index is -0.461. The van der Waals surface area contributed by atoms with Gasteiger partial charge in [-0.2, -0.15) is 0 Å². The quantitative estimate of drug-likeness (QED) is 0.603. The Hall–Kier alpha value is -0.590. The van der Waals surface area contributed by atoms with Crippen molar-refractivity contribution in [3.8, 4) is 0 Å². The summed E-state index contributed by atoms with van der Waals surface area (Å²) in [5, 5.41) is 2.52. The van der Waals surface area contributed by atoms with E-state index in [1.807, 2.05) is 13.8 Å². The van der Waals surface area contributed by atoms with Crippen molar-refractivity contribution in [2.45, 2.75) is 37.7 Å². The van der Waals surface area contributed by atoms with Gasteiger partial charge in [-0.05, 0) is 12.3 Å². The average Bonchev–Trinajstić information content (AvgIpc) is 2.64. The molecule has 5 N–H and O–H groups in total. The fourth-order valence-electron chi connectivity index (χ4n) is 1.62. The predicted octanol–water partition coefficient (Wildman–Crippen LogP) is -0.555. The van der Waals surface area contributed by atoms with E-state index < -0.39 is 18.0 Å². The van der Waals surface area contributed by atoms with Crippen LogP contribution in [0.15, 0.2) is 0 Å². The number of Topliss-reactive ketones (excluding diaryl/α,β-unsaturated/α-hetero) is 1. The number of amides is 1. The Morgan fingerprint density at radius 1 is 1.50 bits per heavy atom. The molecule has 3 atom stereocenters. The van der Waals surface area contributed by atoms with E-state index in [9.17, 15) is 9.59 Å². The first-order chi connectivity index (χ1) is 7.41. The molecule has 1 rings (SSSR count). The summed E-state index contributed by atoms with van der Waals surface area (Å²) in [4.78, 5) is 22.8. The Morgan fingerprint density at radius 3 is 2.56 bits per heavy atom. The molecule has 0 spiro atoms. The molecule has 1 fully saturated rings. The molecule has 6 heteroatoms. The topological polar surface area (TPSA) is 98.2 Å². The van der Waals surface area contributed by atoms with Crippen molar-refractivity contribution >= 4 is 23.5 Å². The van der Waals surface area contributed by atoms with Crippen LogP contribution >= 0.6 is 11.8 Å². The molecular weight excluding hydrogens is 226 g/mol. The summed E-state index contributed by atoms with van der Waals surface area (Å²) in [6.45, 7) is 4.04. The van der Waals surface area contributed by atoms with Crippen LogP contribution in [0.1, 0.15) is 20.3 Å². The van der Waals surface area contributed by atoms with Gasteiger partial charge in [0, 0.05) is 5.75 Å². The number of carbonyl (C=O) groups is 2. The first kappa shape index (κ1) is 13.5. The van der Waals surface area contributed by atoms with Crippen LogP contribution in [0.5, 0.6) is 0 Å². The molecule has 1 saturated heterocycles. The molecule has 92 valence electrons. The van der Waals surface area contributed by atoms with E-state index in [1.54, 1.807) is 0 Å². The number of nitrogens with two attached hydrogens (primary N) is 2. The van der Waals surface area contributed by atoms with E-state index in [2.05, 4.69) is 5.32 Å². The lowest BCUT2D eigenvalue weighted by atomic mass is 10.0. The lowest BCUT2D eigenvalue weighted by molar-refractivity contribution is -0.121. The molecule has 0 bridgehead atoms. The van der Waals surface area contributed by atoms with Gasteiger partial charge in [0.25, 0.3) is 0 Å². The second kappa shape index (κ2) is 5.65. The number of rotatable bonds is 5. The van der Waals surface area contributed by atoms with E-state index in [0.29, 0.717) is 18.1 Å². The van der Waals surface area contributed by atoms with Gasteiger partial charge in [-0.15, -0.1) is 11.8 Å². The summed E-state index contributed by atoms with van der Waals surface area (Å²) in [6.07, 6.45) is 0.665. The highest BCUT2D eigenvalue weighted by Crippen LogP contribution is 2.21. The number of nitrogens with one attached hydrogen (secondary N) is 1. The fraction of sp³-hybridized carbons (Fsp3) is 0.800. The van der Waals surface area contributed by atoms with E-state index in [4.69, 9.17) is 11.5 Å². The average molecular weight is 245 g/mol. The Morgan fingerprint density at radius 2 is 2.12 bits per heavy atom. The van der Waals surface area contributed by atoms with Crippen LogP contribution in [0.25, 0.3) is 0 Å². The zero-order valence-electron chi connectivity index (χ0n) is 9.60. The van der Waals surface area contributed by atoms with Gasteiger partial charge in [-0.3, -0.25) is 14.9 Å². The van der Waals surface area contributed by atoms with Crippen LogP contribution in [-0.4, -0.2) is 34.9 Å². The smallest absolute Gasteiger partial charge is 0.235 e. The number of carbonyl (C=O) groups excluding carboxylic acids is 2. The van der Waals surface area contributed by atoms with E-state index >= 15 is 0 Å². The Kier molecular flexibility index (Phi) is 4.76. The van der Waals surface area contributed by atoms with E-state index in [0.717, 1.165) is 0 Å². The second-order valence-electron chi connectivity index (χ2n) is 4.47. The van der Waals surface area contributed by atoms with Crippen LogP contribution in [0, 0.1) is 5.92 Å². The first-order valence-corrected chi connectivity index (χ1v) is 6.43. The van der Waals surface area contributed by atoms with Crippen molar-refractivity contribution in [1.29, 1.82) is 0 Å². The zero-order chi connectivity index (χ0) is 12.3. The van der Waals surface area contributed by atoms with Crippen molar-refractivity contribution in [2.24, 2.45) is 17.4 Å². The lowest BCUT2D eigenvalue weighted by Gasteiger charge is -2.17. The summed E-state index contributed by atoms with van der Waals surface area (Å²) in [5.41, 5.74) is 11.0. The summed E-state index contributed by atoms with van der Waals surface area (Å²) in [7, 11) is 0. The summed E-state index contributed by atoms with van der Waals surface area (Å²) in [5.74, 6) is 0.472. The van der Waals surface area contributed by atoms with Crippen molar-refractivity contribution in [1.82, 2.24) is 5.32 Å². The number of hydrogen-bond donors (Lipinski definition) is 3. The van der Waals surface area contributed by atoms with Gasteiger partial charge >= 0.3 is 0 Å². The minimum Gasteiger partial charge on any atom is -0.368 e. The molecule has 1 aliphatic heterocycles. The van der Waals surface area contributed by atoms with Gasteiger partial charge in [-0.25, -0.2) is 0 Å². The van der Waals surface area contributed by atoms with Crippen LogP contribution in [0.2, 0.25) is 0 Å². The van der Waals surface area contributed by atoms with Gasteiger partial charge in [0.1, 0.15) is 5.37 Å². The third kappa shape index (κ3) is 3.47. The third-order valence-electron chi connectivity index (χ3n) is 2.47. The van der Waals surface area contributed by atoms with Gasteiger partial charge in [0.2, 0.25) is 5.91 Å². The molecule has 1 heterocycles. The molecule has 1 amide bonds. The van der Waals surface area contributed by atoms with Gasteiger partial charge in [0.15, 0.2) is 5.78 Å².